The van der Waals surface area contributed by atoms with Gasteiger partial charge in [-0.1, -0.05) is 168 Å². The average Bonchev–Trinajstić information content (AvgIpc) is 2.82. The van der Waals surface area contributed by atoms with E-state index in [0.717, 1.165) is 13.0 Å². The van der Waals surface area contributed by atoms with Crippen molar-refractivity contribution in [2.45, 2.75) is 193 Å². The molecule has 0 saturated heterocycles. The molecule has 0 aliphatic rings. The number of aliphatic hydroxyl groups is 1. The van der Waals surface area contributed by atoms with Gasteiger partial charge in [0.15, 0.2) is 0 Å². The van der Waals surface area contributed by atoms with Gasteiger partial charge in [0.25, 0.3) is 0 Å². The Hall–Kier alpha value is -0.0800. The first-order chi connectivity index (χ1) is 16.3. The van der Waals surface area contributed by atoms with Crippen molar-refractivity contribution >= 4 is 0 Å². The lowest BCUT2D eigenvalue weighted by Crippen LogP contribution is -2.29. The van der Waals surface area contributed by atoms with Crippen LogP contribution in [0.2, 0.25) is 0 Å². The summed E-state index contributed by atoms with van der Waals surface area (Å²) in [4.78, 5) is 0. The smallest absolute Gasteiger partial charge is 0.104 e. The highest BCUT2D eigenvalue weighted by Crippen LogP contribution is 2.15. The van der Waals surface area contributed by atoms with Gasteiger partial charge in [0.2, 0.25) is 0 Å². The predicted octanol–water partition coefficient (Wildman–Crippen LogP) is 10.5. The number of hydrogen-bond acceptors (Lipinski definition) is 2. The van der Waals surface area contributed by atoms with Crippen LogP contribution in [-0.4, -0.2) is 17.9 Å². The molecule has 0 amide bonds. The first-order valence-electron chi connectivity index (χ1n) is 15.7. The van der Waals surface area contributed by atoms with Crippen molar-refractivity contribution < 1.29 is 5.11 Å². The molecule has 0 aliphatic carbocycles. The van der Waals surface area contributed by atoms with Crippen molar-refractivity contribution in [1.82, 2.24) is 5.32 Å². The second-order valence-electron chi connectivity index (χ2n) is 10.7. The van der Waals surface area contributed by atoms with Gasteiger partial charge in [0.1, 0.15) is 6.23 Å². The molecule has 0 aromatic rings. The normalized spacial score (nSPS) is 12.5. The summed E-state index contributed by atoms with van der Waals surface area (Å²) in [5.74, 6) is 0. The van der Waals surface area contributed by atoms with Gasteiger partial charge in [0.05, 0.1) is 0 Å². The van der Waals surface area contributed by atoms with Gasteiger partial charge in [-0.2, -0.15) is 0 Å². The van der Waals surface area contributed by atoms with Crippen LogP contribution < -0.4 is 5.32 Å². The van der Waals surface area contributed by atoms with Crippen LogP contribution in [0.3, 0.4) is 0 Å². The fourth-order valence-electron chi connectivity index (χ4n) is 4.87. The molecule has 200 valence electrons. The van der Waals surface area contributed by atoms with Crippen LogP contribution in [0, 0.1) is 0 Å². The van der Waals surface area contributed by atoms with E-state index in [4.69, 9.17) is 0 Å². The van der Waals surface area contributed by atoms with E-state index >= 15 is 0 Å². The summed E-state index contributed by atoms with van der Waals surface area (Å²) in [5, 5.41) is 13.4. The van der Waals surface area contributed by atoms with Gasteiger partial charge in [-0.3, -0.25) is 5.32 Å². The third-order valence-corrected chi connectivity index (χ3v) is 7.24. The fourth-order valence-corrected chi connectivity index (χ4v) is 4.87. The zero-order chi connectivity index (χ0) is 24.1. The zero-order valence-corrected chi connectivity index (χ0v) is 23.3. The first kappa shape index (κ1) is 32.9. The van der Waals surface area contributed by atoms with Crippen LogP contribution in [0.25, 0.3) is 0 Å². The fraction of sp³-hybridized carbons (Fsp3) is 1.00. The first-order valence-corrected chi connectivity index (χ1v) is 15.7. The highest BCUT2D eigenvalue weighted by atomic mass is 16.3. The summed E-state index contributed by atoms with van der Waals surface area (Å²) >= 11 is 0. The summed E-state index contributed by atoms with van der Waals surface area (Å²) in [6.45, 7) is 5.55. The molecule has 0 radical (unpaired) electrons. The van der Waals surface area contributed by atoms with E-state index in [1.165, 1.54) is 167 Å². The number of hydrogen-bond donors (Lipinski definition) is 2. The molecule has 33 heavy (non-hydrogen) atoms. The van der Waals surface area contributed by atoms with E-state index in [9.17, 15) is 5.11 Å². The number of aliphatic hydroxyl groups excluding tert-OH is 1. The maximum absolute atomic E-state index is 10.1. The van der Waals surface area contributed by atoms with Crippen molar-refractivity contribution in [1.29, 1.82) is 0 Å². The molecule has 0 aliphatic heterocycles. The Balaban J connectivity index is 3.10. The molecule has 2 nitrogen and oxygen atoms in total. The van der Waals surface area contributed by atoms with Crippen molar-refractivity contribution in [2.24, 2.45) is 0 Å². The molecule has 0 spiro atoms. The van der Waals surface area contributed by atoms with Crippen molar-refractivity contribution in [3.05, 3.63) is 0 Å². The Morgan fingerprint density at radius 1 is 0.394 bits per heavy atom. The van der Waals surface area contributed by atoms with Crippen LogP contribution in [0.1, 0.15) is 187 Å². The van der Waals surface area contributed by atoms with Crippen molar-refractivity contribution in [2.75, 3.05) is 6.54 Å². The van der Waals surface area contributed by atoms with Crippen LogP contribution >= 0.6 is 0 Å². The van der Waals surface area contributed by atoms with E-state index in [0.29, 0.717) is 0 Å². The third kappa shape index (κ3) is 29.9. The lowest BCUT2D eigenvalue weighted by atomic mass is 10.0. The Bertz CT molecular complexity index is 333. The molecule has 1 unspecified atom stereocenters. The molecule has 1 atom stereocenters. The standard InChI is InChI=1S/C31H65NO/c1-3-5-7-9-11-12-13-14-15-16-17-18-19-20-21-22-23-25-27-29-31(33)32-30-28-26-24-10-8-6-4-2/h31-33H,3-30H2,1-2H3. The highest BCUT2D eigenvalue weighted by molar-refractivity contribution is 4.56. The van der Waals surface area contributed by atoms with Gasteiger partial charge in [0, 0.05) is 0 Å². The maximum atomic E-state index is 10.1. The molecule has 0 heterocycles. The largest absolute Gasteiger partial charge is 0.379 e. The Morgan fingerprint density at radius 3 is 1.00 bits per heavy atom. The topological polar surface area (TPSA) is 32.3 Å². The number of rotatable bonds is 29. The van der Waals surface area contributed by atoms with Gasteiger partial charge >= 0.3 is 0 Å². The summed E-state index contributed by atoms with van der Waals surface area (Å²) in [6, 6.07) is 0. The predicted molar refractivity (Wildman–Crippen MR) is 150 cm³/mol. The molecule has 0 fully saturated rings. The summed E-state index contributed by atoms with van der Waals surface area (Å²) in [6.07, 6.45) is 36.9. The monoisotopic (exact) mass is 468 g/mol. The van der Waals surface area contributed by atoms with E-state index in [2.05, 4.69) is 19.2 Å². The Kier molecular flexibility index (Phi) is 29.9. The lowest BCUT2D eigenvalue weighted by Gasteiger charge is -2.12. The molecule has 0 bridgehead atoms. The van der Waals surface area contributed by atoms with Crippen LogP contribution in [0.15, 0.2) is 0 Å². The molecular formula is C31H65NO. The lowest BCUT2D eigenvalue weighted by molar-refractivity contribution is 0.124. The zero-order valence-electron chi connectivity index (χ0n) is 23.3. The summed E-state index contributed by atoms with van der Waals surface area (Å²) in [5.41, 5.74) is 0. The second-order valence-corrected chi connectivity index (χ2v) is 10.7. The van der Waals surface area contributed by atoms with Crippen molar-refractivity contribution in [3.63, 3.8) is 0 Å². The molecule has 0 aromatic heterocycles. The molecular weight excluding hydrogens is 402 g/mol. The van der Waals surface area contributed by atoms with Gasteiger partial charge in [-0.25, -0.2) is 0 Å². The highest BCUT2D eigenvalue weighted by Gasteiger charge is 2.02. The molecule has 0 saturated carbocycles. The van der Waals surface area contributed by atoms with E-state index in [-0.39, 0.29) is 6.23 Å². The Morgan fingerprint density at radius 2 is 0.667 bits per heavy atom. The summed E-state index contributed by atoms with van der Waals surface area (Å²) < 4.78 is 0. The van der Waals surface area contributed by atoms with Crippen LogP contribution in [0.5, 0.6) is 0 Å². The van der Waals surface area contributed by atoms with Gasteiger partial charge in [-0.15, -0.1) is 0 Å². The minimum atomic E-state index is -0.282. The second kappa shape index (κ2) is 30.0. The van der Waals surface area contributed by atoms with Gasteiger partial charge in [-0.05, 0) is 25.8 Å². The number of nitrogens with one attached hydrogen (secondary N) is 1. The van der Waals surface area contributed by atoms with Crippen LogP contribution in [-0.2, 0) is 0 Å². The Labute approximate surface area is 210 Å². The van der Waals surface area contributed by atoms with Crippen molar-refractivity contribution in [3.8, 4) is 0 Å². The minimum absolute atomic E-state index is 0.282. The summed E-state index contributed by atoms with van der Waals surface area (Å²) in [7, 11) is 0. The molecule has 0 aromatic carbocycles. The van der Waals surface area contributed by atoms with Crippen LogP contribution in [0.4, 0.5) is 0 Å². The SMILES string of the molecule is CCCCCCCCCCCCCCCCCCCCCC(O)NCCCCCCCCC. The van der Waals surface area contributed by atoms with Gasteiger partial charge < -0.3 is 5.11 Å². The molecule has 2 heteroatoms. The molecule has 0 rings (SSSR count). The minimum Gasteiger partial charge on any atom is -0.379 e. The average molecular weight is 468 g/mol. The molecule has 2 N–H and O–H groups in total. The quantitative estimate of drug-likeness (QED) is 0.0846. The third-order valence-electron chi connectivity index (χ3n) is 7.24. The maximum Gasteiger partial charge on any atom is 0.104 e. The van der Waals surface area contributed by atoms with E-state index in [1.807, 2.05) is 0 Å². The van der Waals surface area contributed by atoms with E-state index in [1.54, 1.807) is 0 Å². The van der Waals surface area contributed by atoms with E-state index < -0.39 is 0 Å². The number of unbranched alkanes of at least 4 members (excludes halogenated alkanes) is 24.